The second-order valence-electron chi connectivity index (χ2n) is 9.62. The molecule has 2 aliphatic heterocycles. The number of benzene rings is 2. The molecule has 2 fully saturated rings. The smallest absolute Gasteiger partial charge is 0.228 e. The highest BCUT2D eigenvalue weighted by Gasteiger charge is 2.42. The Kier molecular flexibility index (Phi) is 7.13. The first-order valence-electron chi connectivity index (χ1n) is 12.5. The van der Waals surface area contributed by atoms with E-state index in [0.717, 1.165) is 18.9 Å². The predicted octanol–water partition coefficient (Wildman–Crippen LogP) is 4.12. The summed E-state index contributed by atoms with van der Waals surface area (Å²) in [6, 6.07) is 17.8. The van der Waals surface area contributed by atoms with Crippen LogP contribution in [0.4, 0.5) is 20.3 Å². The van der Waals surface area contributed by atoms with E-state index < -0.39 is 23.5 Å². The Balaban J connectivity index is 1.34. The van der Waals surface area contributed by atoms with Crippen LogP contribution in [0.2, 0.25) is 0 Å². The van der Waals surface area contributed by atoms with Crippen molar-refractivity contribution in [1.29, 1.82) is 0 Å². The Morgan fingerprint density at radius 2 is 1.86 bits per heavy atom. The van der Waals surface area contributed by atoms with Crippen molar-refractivity contribution in [3.05, 3.63) is 89.6 Å². The van der Waals surface area contributed by atoms with Crippen molar-refractivity contribution in [3.63, 3.8) is 0 Å². The van der Waals surface area contributed by atoms with Crippen molar-refractivity contribution in [2.45, 2.75) is 24.8 Å². The molecule has 2 unspecified atom stereocenters. The summed E-state index contributed by atoms with van der Waals surface area (Å²) in [6.07, 6.45) is 3.37. The summed E-state index contributed by atoms with van der Waals surface area (Å²) in [5.74, 6) is -1.43. The summed E-state index contributed by atoms with van der Waals surface area (Å²) in [4.78, 5) is 22.1. The second-order valence-corrected chi connectivity index (χ2v) is 9.62. The molecule has 0 aliphatic carbocycles. The molecule has 2 aliphatic rings. The summed E-state index contributed by atoms with van der Waals surface area (Å²) in [7, 11) is 0. The minimum atomic E-state index is -0.628. The number of carbonyl (C=O) groups excluding carboxylic acids is 1. The predicted molar refractivity (Wildman–Crippen MR) is 136 cm³/mol. The average Bonchev–Trinajstić information content (AvgIpc) is 3.30. The van der Waals surface area contributed by atoms with Gasteiger partial charge in [0.1, 0.15) is 17.5 Å². The Bertz CT molecular complexity index is 1180. The van der Waals surface area contributed by atoms with Gasteiger partial charge in [-0.15, -0.1) is 0 Å². The Morgan fingerprint density at radius 3 is 2.61 bits per heavy atom. The molecule has 6 nitrogen and oxygen atoms in total. The van der Waals surface area contributed by atoms with E-state index >= 15 is 0 Å². The van der Waals surface area contributed by atoms with Crippen molar-refractivity contribution in [2.75, 3.05) is 43.4 Å². The molecule has 36 heavy (non-hydrogen) atoms. The lowest BCUT2D eigenvalue weighted by Crippen LogP contribution is -2.45. The molecule has 188 valence electrons. The second kappa shape index (κ2) is 10.6. The molecular weight excluding hydrogens is 460 g/mol. The van der Waals surface area contributed by atoms with Gasteiger partial charge in [-0.3, -0.25) is 4.79 Å². The summed E-state index contributed by atoms with van der Waals surface area (Å²) < 4.78 is 28.5. The van der Waals surface area contributed by atoms with Gasteiger partial charge in [0.15, 0.2) is 0 Å². The van der Waals surface area contributed by atoms with Gasteiger partial charge in [-0.25, -0.2) is 13.8 Å². The van der Waals surface area contributed by atoms with Crippen molar-refractivity contribution in [2.24, 2.45) is 5.92 Å². The van der Waals surface area contributed by atoms with Crippen LogP contribution in [-0.4, -0.2) is 48.5 Å². The topological polar surface area (TPSA) is 74.5 Å². The fourth-order valence-electron chi connectivity index (χ4n) is 5.44. The number of nitrogen functional groups attached to an aromatic ring is 1. The number of nitrogens with zero attached hydrogens (tertiary/aromatic N) is 3. The van der Waals surface area contributed by atoms with Crippen LogP contribution in [0.1, 0.15) is 35.9 Å². The van der Waals surface area contributed by atoms with Crippen LogP contribution < -0.4 is 16.0 Å². The van der Waals surface area contributed by atoms with Crippen LogP contribution in [0.3, 0.4) is 0 Å². The molecular formula is C28H31F2N5O. The lowest BCUT2D eigenvalue weighted by Gasteiger charge is -2.32. The van der Waals surface area contributed by atoms with Crippen LogP contribution in [-0.2, 0) is 4.79 Å². The lowest BCUT2D eigenvalue weighted by atomic mass is 9.87. The maximum absolute atomic E-state index is 14.9. The molecule has 0 saturated carbocycles. The van der Waals surface area contributed by atoms with E-state index in [9.17, 15) is 13.6 Å². The van der Waals surface area contributed by atoms with Crippen LogP contribution in [0.25, 0.3) is 0 Å². The van der Waals surface area contributed by atoms with E-state index in [1.54, 1.807) is 12.3 Å². The third-order valence-corrected chi connectivity index (χ3v) is 7.30. The molecule has 0 spiro atoms. The van der Waals surface area contributed by atoms with Crippen molar-refractivity contribution in [1.82, 2.24) is 15.2 Å². The molecule has 1 amide bonds. The maximum Gasteiger partial charge on any atom is 0.228 e. The molecule has 8 heteroatoms. The Morgan fingerprint density at radius 1 is 1.03 bits per heavy atom. The summed E-state index contributed by atoms with van der Waals surface area (Å²) in [6.45, 7) is 2.74. The summed E-state index contributed by atoms with van der Waals surface area (Å²) in [5.41, 5.74) is 7.96. The van der Waals surface area contributed by atoms with Crippen LogP contribution in [0.15, 0.2) is 66.9 Å². The zero-order chi connectivity index (χ0) is 25.1. The summed E-state index contributed by atoms with van der Waals surface area (Å²) in [5, 5.41) is 3.58. The largest absolute Gasteiger partial charge is 0.397 e. The molecule has 2 saturated heterocycles. The quantitative estimate of drug-likeness (QED) is 0.575. The van der Waals surface area contributed by atoms with Gasteiger partial charge in [-0.2, -0.15) is 0 Å². The van der Waals surface area contributed by atoms with Gasteiger partial charge in [0.2, 0.25) is 5.91 Å². The van der Waals surface area contributed by atoms with Gasteiger partial charge in [0.25, 0.3) is 0 Å². The van der Waals surface area contributed by atoms with E-state index in [1.807, 2.05) is 34.1 Å². The number of pyridine rings is 1. The number of hydrogen-bond acceptors (Lipinski definition) is 5. The standard InChI is InChI=1S/C28H31F2N5O/c29-20-8-10-22(25(30)15-20)23-17-35(27-11-9-21(31)16-33-27)18-24(23)28(36)34-13-4-7-26(32-12-14-34)19-5-2-1-3-6-19/h1-3,5-6,8-11,15-16,23-24,26,32H,4,7,12-14,17-18,31H2/t23-,24?,26?/m0/s1. The Hall–Kier alpha value is -3.52. The van der Waals surface area contributed by atoms with Gasteiger partial charge in [0.05, 0.1) is 17.8 Å². The van der Waals surface area contributed by atoms with Gasteiger partial charge in [0, 0.05) is 50.7 Å². The number of halogens is 2. The molecule has 3 heterocycles. The number of nitrogens with two attached hydrogens (primary N) is 1. The zero-order valence-corrected chi connectivity index (χ0v) is 20.1. The van der Waals surface area contributed by atoms with Crippen molar-refractivity contribution < 1.29 is 13.6 Å². The number of anilines is 2. The number of amides is 1. The molecule has 0 bridgehead atoms. The van der Waals surface area contributed by atoms with Gasteiger partial charge in [-0.1, -0.05) is 36.4 Å². The van der Waals surface area contributed by atoms with Crippen molar-refractivity contribution >= 4 is 17.4 Å². The highest BCUT2D eigenvalue weighted by atomic mass is 19.1. The number of rotatable bonds is 4. The molecule has 2 aromatic carbocycles. The number of hydrogen-bond donors (Lipinski definition) is 2. The first-order valence-corrected chi connectivity index (χ1v) is 12.5. The van der Waals surface area contributed by atoms with Gasteiger partial charge in [-0.05, 0) is 42.2 Å². The van der Waals surface area contributed by atoms with E-state index in [-0.39, 0.29) is 11.9 Å². The van der Waals surface area contributed by atoms with E-state index in [2.05, 4.69) is 22.4 Å². The normalized spacial score (nSPS) is 22.8. The Labute approximate surface area is 210 Å². The van der Waals surface area contributed by atoms with Gasteiger partial charge < -0.3 is 20.9 Å². The molecule has 3 aromatic rings. The third kappa shape index (κ3) is 5.18. The van der Waals surface area contributed by atoms with E-state index in [4.69, 9.17) is 5.73 Å². The third-order valence-electron chi connectivity index (χ3n) is 7.30. The highest BCUT2D eigenvalue weighted by molar-refractivity contribution is 5.81. The van der Waals surface area contributed by atoms with E-state index in [1.165, 1.54) is 17.7 Å². The molecule has 1 aromatic heterocycles. The monoisotopic (exact) mass is 491 g/mol. The van der Waals surface area contributed by atoms with Crippen LogP contribution in [0.5, 0.6) is 0 Å². The minimum absolute atomic E-state index is 0.00151. The molecule has 3 atom stereocenters. The number of aromatic nitrogens is 1. The van der Waals surface area contributed by atoms with Crippen LogP contribution >= 0.6 is 0 Å². The average molecular weight is 492 g/mol. The van der Waals surface area contributed by atoms with E-state index in [0.29, 0.717) is 49.8 Å². The van der Waals surface area contributed by atoms with Crippen LogP contribution in [0, 0.1) is 17.6 Å². The number of nitrogens with one attached hydrogen (secondary N) is 1. The fourth-order valence-corrected chi connectivity index (χ4v) is 5.44. The van der Waals surface area contributed by atoms with Gasteiger partial charge >= 0.3 is 0 Å². The summed E-state index contributed by atoms with van der Waals surface area (Å²) >= 11 is 0. The first kappa shape index (κ1) is 24.2. The lowest BCUT2D eigenvalue weighted by molar-refractivity contribution is -0.135. The van der Waals surface area contributed by atoms with Crippen molar-refractivity contribution in [3.8, 4) is 0 Å². The minimum Gasteiger partial charge on any atom is -0.397 e. The highest BCUT2D eigenvalue weighted by Crippen LogP contribution is 2.37. The molecule has 0 radical (unpaired) electrons. The molecule has 5 rings (SSSR count). The number of carbonyl (C=O) groups is 1. The molecule has 3 N–H and O–H groups in total. The fraction of sp³-hybridized carbons (Fsp3) is 0.357. The first-order chi connectivity index (χ1) is 17.5. The SMILES string of the molecule is Nc1ccc(N2CC(C(=O)N3CCCC(c4ccccc4)NCC3)[C@H](c3ccc(F)cc3F)C2)nc1. The zero-order valence-electron chi connectivity index (χ0n) is 20.1. The maximum atomic E-state index is 14.9.